The van der Waals surface area contributed by atoms with Gasteiger partial charge in [0, 0.05) is 0 Å². The zero-order valence-electron chi connectivity index (χ0n) is 5.85. The predicted octanol–water partition coefficient (Wildman–Crippen LogP) is 0.151. The Morgan fingerprint density at radius 3 is 2.70 bits per heavy atom. The van der Waals surface area contributed by atoms with Gasteiger partial charge in [-0.05, 0) is 6.92 Å². The van der Waals surface area contributed by atoms with Gasteiger partial charge in [0.05, 0.1) is 18.2 Å². The van der Waals surface area contributed by atoms with Gasteiger partial charge in [-0.3, -0.25) is 10.2 Å². The molecule has 3 heteroatoms. The van der Waals surface area contributed by atoms with Crippen molar-refractivity contribution in [3.8, 4) is 12.3 Å². The van der Waals surface area contributed by atoms with Crippen molar-refractivity contribution >= 4 is 11.6 Å². The lowest BCUT2D eigenvalue weighted by Gasteiger charge is -1.99. The van der Waals surface area contributed by atoms with Gasteiger partial charge < -0.3 is 5.73 Å². The minimum atomic E-state index is -0.427. The summed E-state index contributed by atoms with van der Waals surface area (Å²) in [6.07, 6.45) is 4.93. The molecule has 3 nitrogen and oxygen atoms in total. The van der Waals surface area contributed by atoms with Gasteiger partial charge in [0.2, 0.25) is 0 Å². The molecular weight excluding hydrogens is 128 g/mol. The third kappa shape index (κ3) is 2.88. The van der Waals surface area contributed by atoms with Crippen LogP contribution in [0.1, 0.15) is 13.3 Å². The maximum atomic E-state index is 10.8. The van der Waals surface area contributed by atoms with Crippen molar-refractivity contribution in [1.82, 2.24) is 0 Å². The molecule has 0 aromatic rings. The molecule has 3 N–H and O–H groups in total. The second-order valence-electron chi connectivity index (χ2n) is 2.06. The molecule has 0 spiro atoms. The van der Waals surface area contributed by atoms with Crippen LogP contribution in [0.4, 0.5) is 0 Å². The van der Waals surface area contributed by atoms with Crippen molar-refractivity contribution in [2.75, 3.05) is 0 Å². The Morgan fingerprint density at radius 2 is 2.40 bits per heavy atom. The Kier molecular flexibility index (Phi) is 3.20. The van der Waals surface area contributed by atoms with Crippen LogP contribution in [0.15, 0.2) is 0 Å². The monoisotopic (exact) mass is 138 g/mol. The first-order valence-corrected chi connectivity index (χ1v) is 2.89. The second-order valence-corrected chi connectivity index (χ2v) is 2.06. The highest BCUT2D eigenvalue weighted by molar-refractivity contribution is 6.00. The van der Waals surface area contributed by atoms with E-state index in [0.717, 1.165) is 0 Å². The first-order valence-electron chi connectivity index (χ1n) is 2.89. The molecule has 0 aliphatic rings. The van der Waals surface area contributed by atoms with Gasteiger partial charge >= 0.3 is 0 Å². The number of carbonyl (C=O) groups excluding carboxylic acids is 1. The number of nitrogens with two attached hydrogens (primary N) is 1. The maximum Gasteiger partial charge on any atom is 0.154 e. The van der Waals surface area contributed by atoms with Gasteiger partial charge in [-0.1, -0.05) is 5.92 Å². The quantitative estimate of drug-likeness (QED) is 0.331. The Hall–Kier alpha value is -1.30. The molecule has 0 aliphatic heterocycles. The van der Waals surface area contributed by atoms with E-state index in [2.05, 4.69) is 5.92 Å². The lowest BCUT2D eigenvalue weighted by atomic mass is 10.1. The molecular formula is C7H10N2O. The number of hydrogen-bond acceptors (Lipinski definition) is 2. The van der Waals surface area contributed by atoms with Crippen LogP contribution in [0.25, 0.3) is 0 Å². The van der Waals surface area contributed by atoms with Crippen molar-refractivity contribution in [2.24, 2.45) is 11.7 Å². The number of hydrogen-bond donors (Lipinski definition) is 2. The number of Topliss-reactive ketones (excluding diaryl/α,β-unsaturated/α-hetero) is 1. The van der Waals surface area contributed by atoms with Crippen molar-refractivity contribution in [1.29, 1.82) is 5.41 Å². The third-order valence-electron chi connectivity index (χ3n) is 1.10. The van der Waals surface area contributed by atoms with E-state index in [1.165, 1.54) is 0 Å². The van der Waals surface area contributed by atoms with Gasteiger partial charge in [0.25, 0.3) is 0 Å². The SMILES string of the molecule is C#CC(C)C(=O)CC(=N)N. The minimum absolute atomic E-state index is 0.0363. The highest BCUT2D eigenvalue weighted by Crippen LogP contribution is 1.97. The number of rotatable bonds is 3. The van der Waals surface area contributed by atoms with Crippen LogP contribution in [0.5, 0.6) is 0 Å². The molecule has 0 aliphatic carbocycles. The summed E-state index contributed by atoms with van der Waals surface area (Å²) in [6, 6.07) is 0. The molecule has 0 radical (unpaired) electrons. The maximum absolute atomic E-state index is 10.8. The minimum Gasteiger partial charge on any atom is -0.387 e. The smallest absolute Gasteiger partial charge is 0.154 e. The third-order valence-corrected chi connectivity index (χ3v) is 1.10. The first kappa shape index (κ1) is 8.70. The molecule has 0 aromatic heterocycles. The molecule has 0 aromatic carbocycles. The summed E-state index contributed by atoms with van der Waals surface area (Å²) in [5.74, 6) is 1.54. The predicted molar refractivity (Wildman–Crippen MR) is 39.5 cm³/mol. The number of terminal acetylenes is 1. The van der Waals surface area contributed by atoms with E-state index in [0.29, 0.717) is 0 Å². The Bertz CT molecular complexity index is 190. The Morgan fingerprint density at radius 1 is 1.90 bits per heavy atom. The van der Waals surface area contributed by atoms with E-state index >= 15 is 0 Å². The van der Waals surface area contributed by atoms with Crippen LogP contribution in [0, 0.1) is 23.7 Å². The summed E-state index contributed by atoms with van der Waals surface area (Å²) < 4.78 is 0. The highest BCUT2D eigenvalue weighted by Gasteiger charge is 2.09. The van der Waals surface area contributed by atoms with E-state index in [1.54, 1.807) is 6.92 Å². The zero-order chi connectivity index (χ0) is 8.15. The normalized spacial score (nSPS) is 11.6. The summed E-state index contributed by atoms with van der Waals surface area (Å²) >= 11 is 0. The lowest BCUT2D eigenvalue weighted by molar-refractivity contribution is -0.119. The summed E-state index contributed by atoms with van der Waals surface area (Å²) in [4.78, 5) is 10.8. The van der Waals surface area contributed by atoms with Crippen LogP contribution in [0.3, 0.4) is 0 Å². The number of amidine groups is 1. The highest BCUT2D eigenvalue weighted by atomic mass is 16.1. The van der Waals surface area contributed by atoms with Gasteiger partial charge in [0.1, 0.15) is 0 Å². The Balaban J connectivity index is 3.88. The summed E-state index contributed by atoms with van der Waals surface area (Å²) in [5.41, 5.74) is 4.98. The van der Waals surface area contributed by atoms with Crippen molar-refractivity contribution < 1.29 is 4.79 Å². The van der Waals surface area contributed by atoms with Crippen molar-refractivity contribution in [3.05, 3.63) is 0 Å². The summed E-state index contributed by atoms with van der Waals surface area (Å²) in [5, 5.41) is 6.78. The average Bonchev–Trinajstić information content (AvgIpc) is 1.85. The molecule has 10 heavy (non-hydrogen) atoms. The van der Waals surface area contributed by atoms with Crippen molar-refractivity contribution in [3.63, 3.8) is 0 Å². The first-order chi connectivity index (χ1) is 4.57. The largest absolute Gasteiger partial charge is 0.387 e. The molecule has 0 heterocycles. The standard InChI is InChI=1S/C7H10N2O/c1-3-5(2)6(10)4-7(8)9/h1,5H,4H2,2H3,(H3,8,9). The fourth-order valence-corrected chi connectivity index (χ4v) is 0.434. The van der Waals surface area contributed by atoms with E-state index in [9.17, 15) is 4.79 Å². The van der Waals surface area contributed by atoms with Crippen LogP contribution < -0.4 is 5.73 Å². The number of ketones is 1. The van der Waals surface area contributed by atoms with Crippen LogP contribution in [-0.4, -0.2) is 11.6 Å². The molecule has 0 amide bonds. The van der Waals surface area contributed by atoms with Crippen molar-refractivity contribution in [2.45, 2.75) is 13.3 Å². The molecule has 54 valence electrons. The fourth-order valence-electron chi connectivity index (χ4n) is 0.434. The van der Waals surface area contributed by atoms with E-state index in [-0.39, 0.29) is 18.0 Å². The van der Waals surface area contributed by atoms with Crippen LogP contribution in [0.2, 0.25) is 0 Å². The molecule has 0 saturated heterocycles. The van der Waals surface area contributed by atoms with E-state index in [1.807, 2.05) is 0 Å². The molecule has 0 saturated carbocycles. The second kappa shape index (κ2) is 3.67. The fraction of sp³-hybridized carbons (Fsp3) is 0.429. The Labute approximate surface area is 60.1 Å². The topological polar surface area (TPSA) is 66.9 Å². The van der Waals surface area contributed by atoms with Gasteiger partial charge in [0.15, 0.2) is 5.78 Å². The van der Waals surface area contributed by atoms with Gasteiger partial charge in [-0.25, -0.2) is 0 Å². The van der Waals surface area contributed by atoms with Gasteiger partial charge in [-0.2, -0.15) is 0 Å². The molecule has 1 atom stereocenters. The molecule has 0 fully saturated rings. The van der Waals surface area contributed by atoms with E-state index in [4.69, 9.17) is 17.6 Å². The summed E-state index contributed by atoms with van der Waals surface area (Å²) in [7, 11) is 0. The van der Waals surface area contributed by atoms with Crippen LogP contribution in [-0.2, 0) is 4.79 Å². The van der Waals surface area contributed by atoms with Crippen LogP contribution >= 0.6 is 0 Å². The average molecular weight is 138 g/mol. The lowest BCUT2D eigenvalue weighted by Crippen LogP contribution is -2.19. The van der Waals surface area contributed by atoms with Gasteiger partial charge in [-0.15, -0.1) is 6.42 Å². The number of nitrogens with one attached hydrogen (secondary N) is 1. The summed E-state index contributed by atoms with van der Waals surface area (Å²) in [6.45, 7) is 1.62. The number of carbonyl (C=O) groups is 1. The van der Waals surface area contributed by atoms with E-state index < -0.39 is 5.92 Å². The zero-order valence-corrected chi connectivity index (χ0v) is 5.85. The molecule has 0 bridgehead atoms. The molecule has 0 rings (SSSR count). The molecule has 1 unspecified atom stereocenters.